The molecule has 1 aliphatic carbocycles. The van der Waals surface area contributed by atoms with Crippen LogP contribution in [0.15, 0.2) is 67.1 Å². The number of hydrogen-bond acceptors (Lipinski definition) is 7. The van der Waals surface area contributed by atoms with Gasteiger partial charge in [0, 0.05) is 23.5 Å². The van der Waals surface area contributed by atoms with Crippen molar-refractivity contribution in [2.24, 2.45) is 11.8 Å². The van der Waals surface area contributed by atoms with Crippen molar-refractivity contribution in [3.63, 3.8) is 0 Å². The second kappa shape index (κ2) is 9.32. The Morgan fingerprint density at radius 3 is 2.44 bits per heavy atom. The summed E-state index contributed by atoms with van der Waals surface area (Å²) in [5, 5.41) is 17.7. The lowest BCUT2D eigenvalue weighted by molar-refractivity contribution is -0.164. The van der Waals surface area contributed by atoms with Gasteiger partial charge in [0.2, 0.25) is 11.5 Å². The minimum atomic E-state index is -1.93. The molecule has 1 saturated heterocycles. The molecule has 1 amide bonds. The van der Waals surface area contributed by atoms with E-state index in [0.29, 0.717) is 23.5 Å². The molecule has 34 heavy (non-hydrogen) atoms. The van der Waals surface area contributed by atoms with Gasteiger partial charge in [-0.3, -0.25) is 9.78 Å². The average Bonchev–Trinajstić information content (AvgIpc) is 3.15. The predicted octanol–water partition coefficient (Wildman–Crippen LogP) is 2.49. The first kappa shape index (κ1) is 22.2. The SMILES string of the molecule is O=C(Nc1cnccn1)C(COC(=O)C1(O)c2ccccc2-c2ccccc21)[C@H]1CCCNC1. The Morgan fingerprint density at radius 1 is 1.12 bits per heavy atom. The molecule has 8 nitrogen and oxygen atoms in total. The van der Waals surface area contributed by atoms with Gasteiger partial charge in [0.05, 0.1) is 12.1 Å². The number of benzene rings is 2. The number of ether oxygens (including phenoxy) is 1. The maximum Gasteiger partial charge on any atom is 0.347 e. The molecule has 2 heterocycles. The standard InChI is InChI=1S/C26H26N4O4/c31-24(30-23-15-28-12-13-29-23)20(17-6-5-11-27-14-17)16-34-25(32)26(33)21-9-3-1-7-18(21)19-8-2-4-10-22(19)26/h1-4,7-10,12-13,15,17,20,27,33H,5-6,11,14,16H2,(H,29,30,31)/t17-,20?/m0/s1. The van der Waals surface area contributed by atoms with Crippen LogP contribution in [0.4, 0.5) is 5.82 Å². The maximum atomic E-state index is 13.4. The molecule has 5 rings (SSSR count). The van der Waals surface area contributed by atoms with Crippen molar-refractivity contribution in [3.8, 4) is 11.1 Å². The molecule has 8 heteroatoms. The third-order valence-electron chi connectivity index (χ3n) is 6.67. The van der Waals surface area contributed by atoms with E-state index in [9.17, 15) is 14.7 Å². The van der Waals surface area contributed by atoms with Crippen LogP contribution in [-0.2, 0) is 19.9 Å². The smallest absolute Gasteiger partial charge is 0.347 e. The molecule has 1 unspecified atom stereocenters. The highest BCUT2D eigenvalue weighted by atomic mass is 16.5. The zero-order valence-corrected chi connectivity index (χ0v) is 18.6. The molecule has 1 aromatic heterocycles. The Balaban J connectivity index is 1.39. The number of piperidine rings is 1. The summed E-state index contributed by atoms with van der Waals surface area (Å²) in [5.74, 6) is -1.36. The number of rotatable bonds is 6. The molecule has 0 saturated carbocycles. The molecule has 2 aliphatic rings. The molecule has 1 fully saturated rings. The molecule has 2 aromatic carbocycles. The van der Waals surface area contributed by atoms with Crippen molar-refractivity contribution >= 4 is 17.7 Å². The third kappa shape index (κ3) is 3.95. The van der Waals surface area contributed by atoms with Crippen molar-refractivity contribution in [3.05, 3.63) is 78.2 Å². The molecular formula is C26H26N4O4. The number of amides is 1. The van der Waals surface area contributed by atoms with E-state index < -0.39 is 17.5 Å². The van der Waals surface area contributed by atoms with Crippen LogP contribution in [0.1, 0.15) is 24.0 Å². The van der Waals surface area contributed by atoms with Crippen LogP contribution in [0.25, 0.3) is 11.1 Å². The lowest BCUT2D eigenvalue weighted by Gasteiger charge is -2.31. The van der Waals surface area contributed by atoms with E-state index in [4.69, 9.17) is 4.74 Å². The highest BCUT2D eigenvalue weighted by Crippen LogP contribution is 2.48. The zero-order chi connectivity index (χ0) is 23.5. The first-order chi connectivity index (χ1) is 16.6. The summed E-state index contributed by atoms with van der Waals surface area (Å²) in [6.45, 7) is 1.39. The monoisotopic (exact) mass is 458 g/mol. The van der Waals surface area contributed by atoms with Crippen LogP contribution < -0.4 is 10.6 Å². The summed E-state index contributed by atoms with van der Waals surface area (Å²) < 4.78 is 5.70. The first-order valence-corrected chi connectivity index (χ1v) is 11.5. The van der Waals surface area contributed by atoms with Gasteiger partial charge in [0.25, 0.3) is 0 Å². The van der Waals surface area contributed by atoms with Crippen LogP contribution in [0.5, 0.6) is 0 Å². The zero-order valence-electron chi connectivity index (χ0n) is 18.6. The second-order valence-corrected chi connectivity index (χ2v) is 8.69. The van der Waals surface area contributed by atoms with Gasteiger partial charge in [-0.15, -0.1) is 0 Å². The number of fused-ring (bicyclic) bond motifs is 3. The molecule has 3 aromatic rings. The van der Waals surface area contributed by atoms with Gasteiger partial charge in [0.1, 0.15) is 6.61 Å². The van der Waals surface area contributed by atoms with E-state index >= 15 is 0 Å². The highest BCUT2D eigenvalue weighted by molar-refractivity contribution is 5.96. The topological polar surface area (TPSA) is 113 Å². The number of nitrogens with zero attached hydrogens (tertiary/aromatic N) is 2. The number of anilines is 1. The van der Waals surface area contributed by atoms with E-state index in [-0.39, 0.29) is 18.4 Å². The van der Waals surface area contributed by atoms with Crippen LogP contribution >= 0.6 is 0 Å². The number of carbonyl (C=O) groups is 2. The van der Waals surface area contributed by atoms with Gasteiger partial charge in [-0.25, -0.2) is 9.78 Å². The maximum absolute atomic E-state index is 13.4. The fourth-order valence-corrected chi connectivity index (χ4v) is 4.93. The van der Waals surface area contributed by atoms with Gasteiger partial charge in [0.15, 0.2) is 5.82 Å². The first-order valence-electron chi connectivity index (χ1n) is 11.5. The van der Waals surface area contributed by atoms with Gasteiger partial charge in [-0.2, -0.15) is 0 Å². The Bertz CT molecular complexity index is 1150. The quantitative estimate of drug-likeness (QED) is 0.487. The van der Waals surface area contributed by atoms with Crippen molar-refractivity contribution in [1.82, 2.24) is 15.3 Å². The minimum Gasteiger partial charge on any atom is -0.462 e. The molecule has 1 aliphatic heterocycles. The van der Waals surface area contributed by atoms with E-state index in [1.807, 2.05) is 24.3 Å². The van der Waals surface area contributed by atoms with E-state index in [1.165, 1.54) is 18.6 Å². The molecule has 174 valence electrons. The number of hydrogen-bond donors (Lipinski definition) is 3. The Morgan fingerprint density at radius 2 is 1.82 bits per heavy atom. The Kier molecular flexibility index (Phi) is 6.08. The Labute approximate surface area is 197 Å². The fourth-order valence-electron chi connectivity index (χ4n) is 4.93. The number of nitrogens with one attached hydrogen (secondary N) is 2. The minimum absolute atomic E-state index is 0.0176. The largest absolute Gasteiger partial charge is 0.462 e. The molecule has 0 radical (unpaired) electrons. The normalized spacial score (nSPS) is 18.9. The molecule has 3 N–H and O–H groups in total. The predicted molar refractivity (Wildman–Crippen MR) is 126 cm³/mol. The number of aromatic nitrogens is 2. The van der Waals surface area contributed by atoms with Gasteiger partial charge >= 0.3 is 5.97 Å². The molecular weight excluding hydrogens is 432 g/mol. The van der Waals surface area contributed by atoms with Crippen molar-refractivity contribution in [2.45, 2.75) is 18.4 Å². The average molecular weight is 459 g/mol. The summed E-state index contributed by atoms with van der Waals surface area (Å²) >= 11 is 0. The molecule has 0 bridgehead atoms. The van der Waals surface area contributed by atoms with Gasteiger partial charge < -0.3 is 20.5 Å². The van der Waals surface area contributed by atoms with Crippen LogP contribution in [0.3, 0.4) is 0 Å². The van der Waals surface area contributed by atoms with Crippen LogP contribution in [0, 0.1) is 11.8 Å². The highest BCUT2D eigenvalue weighted by Gasteiger charge is 2.49. The summed E-state index contributed by atoms with van der Waals surface area (Å²) in [4.78, 5) is 34.7. The summed E-state index contributed by atoms with van der Waals surface area (Å²) in [6, 6.07) is 14.5. The van der Waals surface area contributed by atoms with Gasteiger partial charge in [-0.05, 0) is 43.0 Å². The Hall–Kier alpha value is -3.62. The number of esters is 1. The summed E-state index contributed by atoms with van der Waals surface area (Å²) in [6.07, 6.45) is 6.25. The lowest BCUT2D eigenvalue weighted by Crippen LogP contribution is -2.43. The van der Waals surface area contributed by atoms with Crippen molar-refractivity contribution in [2.75, 3.05) is 25.0 Å². The fraction of sp³-hybridized carbons (Fsp3) is 0.308. The number of aliphatic hydroxyl groups is 1. The lowest BCUT2D eigenvalue weighted by atomic mass is 9.85. The van der Waals surface area contributed by atoms with E-state index in [2.05, 4.69) is 20.6 Å². The second-order valence-electron chi connectivity index (χ2n) is 8.69. The molecule has 2 atom stereocenters. The third-order valence-corrected chi connectivity index (χ3v) is 6.67. The van der Waals surface area contributed by atoms with Crippen LogP contribution in [0.2, 0.25) is 0 Å². The van der Waals surface area contributed by atoms with E-state index in [1.54, 1.807) is 24.3 Å². The van der Waals surface area contributed by atoms with E-state index in [0.717, 1.165) is 30.5 Å². The van der Waals surface area contributed by atoms with Crippen molar-refractivity contribution in [1.29, 1.82) is 0 Å². The van der Waals surface area contributed by atoms with Crippen LogP contribution in [-0.4, -0.2) is 46.6 Å². The molecule has 0 spiro atoms. The van der Waals surface area contributed by atoms with Gasteiger partial charge in [-0.1, -0.05) is 48.5 Å². The number of carbonyl (C=O) groups excluding carboxylic acids is 2. The summed E-state index contributed by atoms with van der Waals surface area (Å²) in [5.41, 5.74) is 0.642. The van der Waals surface area contributed by atoms with Crippen molar-refractivity contribution < 1.29 is 19.4 Å². The summed E-state index contributed by atoms with van der Waals surface area (Å²) in [7, 11) is 0.